The molecule has 1 unspecified atom stereocenters. The number of sulfonamides is 1. The molecule has 0 bridgehead atoms. The molecule has 0 fully saturated rings. The summed E-state index contributed by atoms with van der Waals surface area (Å²) in [6.07, 6.45) is 4.81. The van der Waals surface area contributed by atoms with Gasteiger partial charge in [0, 0.05) is 0 Å². The second kappa shape index (κ2) is 6.49. The van der Waals surface area contributed by atoms with Gasteiger partial charge >= 0.3 is 5.97 Å². The molecular weight excluding hydrogens is 342 g/mol. The van der Waals surface area contributed by atoms with Crippen LogP contribution in [-0.4, -0.2) is 26.1 Å². The van der Waals surface area contributed by atoms with E-state index in [0.29, 0.717) is 17.0 Å². The number of benzene rings is 2. The van der Waals surface area contributed by atoms with E-state index in [1.165, 1.54) is 6.07 Å². The van der Waals surface area contributed by atoms with Gasteiger partial charge in [0.05, 0.1) is 23.0 Å². The normalized spacial score (nSPS) is 17.6. The number of rotatable bonds is 5. The Kier molecular flexibility index (Phi) is 4.38. The van der Waals surface area contributed by atoms with Gasteiger partial charge in [-0.15, -0.1) is 6.42 Å². The topological polar surface area (TPSA) is 83.9 Å². The van der Waals surface area contributed by atoms with Gasteiger partial charge in [-0.05, 0) is 35.9 Å². The largest absolute Gasteiger partial charge is 0.481 e. The van der Waals surface area contributed by atoms with Crippen LogP contribution >= 0.6 is 0 Å². The van der Waals surface area contributed by atoms with Crippen molar-refractivity contribution in [2.75, 3.05) is 10.9 Å². The molecular formula is C18H15NO5S. The Morgan fingerprint density at radius 1 is 1.20 bits per heavy atom. The van der Waals surface area contributed by atoms with Crippen LogP contribution in [0.5, 0.6) is 5.75 Å². The summed E-state index contributed by atoms with van der Waals surface area (Å²) in [5.41, 5.74) is 0.855. The smallest absolute Gasteiger partial charge is 0.305 e. The quantitative estimate of drug-likeness (QED) is 0.831. The van der Waals surface area contributed by atoms with Gasteiger partial charge < -0.3 is 9.84 Å². The van der Waals surface area contributed by atoms with Gasteiger partial charge in [0.2, 0.25) is 0 Å². The van der Waals surface area contributed by atoms with Crippen molar-refractivity contribution in [3.8, 4) is 18.1 Å². The van der Waals surface area contributed by atoms with Crippen molar-refractivity contribution in [3.63, 3.8) is 0 Å². The number of fused-ring (bicyclic) bond motifs is 1. The number of hydrogen-bond donors (Lipinski definition) is 1. The van der Waals surface area contributed by atoms with Crippen LogP contribution in [0.4, 0.5) is 5.69 Å². The van der Waals surface area contributed by atoms with Crippen LogP contribution < -0.4 is 9.04 Å². The van der Waals surface area contributed by atoms with Crippen LogP contribution in [0.25, 0.3) is 0 Å². The number of carbonyl (C=O) groups is 1. The first-order chi connectivity index (χ1) is 11.9. The van der Waals surface area contributed by atoms with Gasteiger partial charge in [0.1, 0.15) is 12.4 Å². The summed E-state index contributed by atoms with van der Waals surface area (Å²) in [5.74, 6) is 1.78. The van der Waals surface area contributed by atoms with E-state index in [1.807, 2.05) is 0 Å². The molecule has 0 saturated carbocycles. The molecule has 1 aliphatic rings. The highest BCUT2D eigenvalue weighted by molar-refractivity contribution is 7.93. The highest BCUT2D eigenvalue weighted by Gasteiger charge is 2.43. The number of carboxylic acids is 1. The Hall–Kier alpha value is -2.98. The van der Waals surface area contributed by atoms with Crippen LogP contribution in [0, 0.1) is 12.3 Å². The predicted octanol–water partition coefficient (Wildman–Crippen LogP) is 2.42. The van der Waals surface area contributed by atoms with Crippen molar-refractivity contribution in [2.45, 2.75) is 17.4 Å². The number of ether oxygens (including phenoxy) is 1. The maximum absolute atomic E-state index is 12.9. The minimum atomic E-state index is -3.83. The van der Waals surface area contributed by atoms with Crippen LogP contribution in [0.2, 0.25) is 0 Å². The maximum atomic E-state index is 12.9. The Balaban J connectivity index is 2.04. The Morgan fingerprint density at radius 2 is 1.88 bits per heavy atom. The minimum absolute atomic E-state index is 0.106. The van der Waals surface area contributed by atoms with Crippen molar-refractivity contribution in [1.82, 2.24) is 0 Å². The van der Waals surface area contributed by atoms with Gasteiger partial charge in [-0.3, -0.25) is 9.10 Å². The summed E-state index contributed by atoms with van der Waals surface area (Å²) in [7, 11) is -3.83. The monoisotopic (exact) mass is 357 g/mol. The third-order valence-corrected chi connectivity index (χ3v) is 5.79. The number of terminal acetylenes is 1. The fourth-order valence-electron chi connectivity index (χ4n) is 2.88. The molecule has 25 heavy (non-hydrogen) atoms. The molecule has 0 spiro atoms. The number of nitrogens with zero attached hydrogens (tertiary/aromatic N) is 1. The molecule has 1 aliphatic heterocycles. The average Bonchev–Trinajstić information content (AvgIpc) is 2.81. The average molecular weight is 357 g/mol. The van der Waals surface area contributed by atoms with Crippen molar-refractivity contribution in [1.29, 1.82) is 0 Å². The Labute approximate surface area is 145 Å². The van der Waals surface area contributed by atoms with Gasteiger partial charge in [-0.25, -0.2) is 8.42 Å². The fourth-order valence-corrected chi connectivity index (χ4v) is 4.77. The highest BCUT2D eigenvalue weighted by Crippen LogP contribution is 2.44. The van der Waals surface area contributed by atoms with E-state index >= 15 is 0 Å². The number of hydrogen-bond acceptors (Lipinski definition) is 4. The summed E-state index contributed by atoms with van der Waals surface area (Å²) < 4.78 is 32.2. The first-order valence-corrected chi connectivity index (χ1v) is 8.90. The Morgan fingerprint density at radius 3 is 2.52 bits per heavy atom. The SMILES string of the molecule is C#CCOc1ccc(N2C(CC(=O)O)c3ccccc3S2(=O)=O)cc1. The Bertz CT molecular complexity index is 944. The summed E-state index contributed by atoms with van der Waals surface area (Å²) in [6, 6.07) is 12.0. The van der Waals surface area contributed by atoms with E-state index in [9.17, 15) is 18.3 Å². The lowest BCUT2D eigenvalue weighted by atomic mass is 10.0. The lowest BCUT2D eigenvalue weighted by Gasteiger charge is -2.24. The molecule has 3 rings (SSSR count). The molecule has 0 aliphatic carbocycles. The zero-order valence-corrected chi connectivity index (χ0v) is 13.9. The van der Waals surface area contributed by atoms with Gasteiger partial charge in [0.15, 0.2) is 0 Å². The van der Waals surface area contributed by atoms with E-state index in [-0.39, 0.29) is 17.9 Å². The molecule has 1 atom stereocenters. The summed E-state index contributed by atoms with van der Waals surface area (Å²) in [5, 5.41) is 9.22. The molecule has 0 aromatic heterocycles. The third-order valence-electron chi connectivity index (χ3n) is 3.88. The summed E-state index contributed by atoms with van der Waals surface area (Å²) >= 11 is 0. The number of aliphatic carboxylic acids is 1. The zero-order chi connectivity index (χ0) is 18.0. The number of carboxylic acid groups (broad SMARTS) is 1. The minimum Gasteiger partial charge on any atom is -0.481 e. The molecule has 128 valence electrons. The molecule has 2 aromatic rings. The molecule has 6 nitrogen and oxygen atoms in total. The van der Waals surface area contributed by atoms with Crippen molar-refractivity contribution in [3.05, 3.63) is 54.1 Å². The first kappa shape index (κ1) is 16.9. The molecule has 1 N–H and O–H groups in total. The summed E-state index contributed by atoms with van der Waals surface area (Å²) in [4.78, 5) is 11.4. The molecule has 0 saturated heterocycles. The molecule has 0 amide bonds. The van der Waals surface area contributed by atoms with E-state index in [0.717, 1.165) is 4.31 Å². The van der Waals surface area contributed by atoms with Crippen molar-refractivity contribution >= 4 is 21.7 Å². The maximum Gasteiger partial charge on any atom is 0.305 e. The summed E-state index contributed by atoms with van der Waals surface area (Å²) in [6.45, 7) is 0.106. The predicted molar refractivity (Wildman–Crippen MR) is 91.9 cm³/mol. The van der Waals surface area contributed by atoms with Crippen LogP contribution in [0.15, 0.2) is 53.4 Å². The first-order valence-electron chi connectivity index (χ1n) is 7.46. The second-order valence-electron chi connectivity index (χ2n) is 5.44. The van der Waals surface area contributed by atoms with Crippen molar-refractivity contribution in [2.24, 2.45) is 0 Å². The lowest BCUT2D eigenvalue weighted by Crippen LogP contribution is -2.29. The van der Waals surface area contributed by atoms with Gasteiger partial charge in [-0.1, -0.05) is 24.1 Å². The van der Waals surface area contributed by atoms with Crippen LogP contribution in [-0.2, 0) is 14.8 Å². The van der Waals surface area contributed by atoms with E-state index in [1.54, 1.807) is 42.5 Å². The zero-order valence-electron chi connectivity index (χ0n) is 13.1. The number of anilines is 1. The van der Waals surface area contributed by atoms with Crippen molar-refractivity contribution < 1.29 is 23.1 Å². The van der Waals surface area contributed by atoms with Crippen LogP contribution in [0.3, 0.4) is 0 Å². The molecule has 2 aromatic carbocycles. The fraction of sp³-hybridized carbons (Fsp3) is 0.167. The molecule has 1 heterocycles. The standard InChI is InChI=1S/C18H15NO5S/c1-2-11-24-14-9-7-13(8-10-14)19-16(12-18(20)21)15-5-3-4-6-17(15)25(19,22)23/h1,3-10,16H,11-12H2,(H,20,21). The third kappa shape index (κ3) is 3.04. The molecule has 7 heteroatoms. The lowest BCUT2D eigenvalue weighted by molar-refractivity contribution is -0.137. The van der Waals surface area contributed by atoms with Crippen LogP contribution in [0.1, 0.15) is 18.0 Å². The van der Waals surface area contributed by atoms with E-state index < -0.39 is 22.0 Å². The van der Waals surface area contributed by atoms with E-state index in [2.05, 4.69) is 5.92 Å². The van der Waals surface area contributed by atoms with E-state index in [4.69, 9.17) is 11.2 Å². The second-order valence-corrected chi connectivity index (χ2v) is 7.22. The van der Waals surface area contributed by atoms with Gasteiger partial charge in [0.25, 0.3) is 10.0 Å². The highest BCUT2D eigenvalue weighted by atomic mass is 32.2. The van der Waals surface area contributed by atoms with Gasteiger partial charge in [-0.2, -0.15) is 0 Å². The molecule has 0 radical (unpaired) electrons.